The topological polar surface area (TPSA) is 42.1 Å². The fourth-order valence-electron chi connectivity index (χ4n) is 1.35. The lowest BCUT2D eigenvalue weighted by Crippen LogP contribution is -2.17. The van der Waals surface area contributed by atoms with Crippen molar-refractivity contribution in [2.75, 3.05) is 0 Å². The largest absolute Gasteiger partial charge is 0.573 e. The first-order valence-electron chi connectivity index (χ1n) is 6.33. The van der Waals surface area contributed by atoms with Crippen molar-refractivity contribution in [3.05, 3.63) is 40.7 Å². The number of alkyl halides is 3. The molecule has 1 aromatic heterocycles. The summed E-state index contributed by atoms with van der Waals surface area (Å²) < 4.78 is 39.5. The van der Waals surface area contributed by atoms with Gasteiger partial charge in [-0.15, -0.1) is 13.2 Å². The van der Waals surface area contributed by atoms with Crippen molar-refractivity contribution in [2.24, 2.45) is 0 Å². The van der Waals surface area contributed by atoms with E-state index in [1.165, 1.54) is 18.3 Å². The van der Waals surface area contributed by atoms with Crippen molar-refractivity contribution in [1.29, 1.82) is 0 Å². The molecule has 3 nitrogen and oxygen atoms in total. The van der Waals surface area contributed by atoms with Crippen molar-refractivity contribution < 1.29 is 17.9 Å². The molecule has 1 aromatic carbocycles. The van der Waals surface area contributed by atoms with Crippen molar-refractivity contribution >= 4 is 10.9 Å². The molecule has 0 aliphatic carbocycles. The summed E-state index contributed by atoms with van der Waals surface area (Å²) in [6, 6.07) is 4.80. The average molecular weight is 289 g/mol. The van der Waals surface area contributed by atoms with Crippen LogP contribution in [0.5, 0.6) is 5.75 Å². The van der Waals surface area contributed by atoms with Crippen LogP contribution in [0.2, 0.25) is 0 Å². The van der Waals surface area contributed by atoms with Crippen molar-refractivity contribution in [2.45, 2.75) is 34.1 Å². The highest BCUT2D eigenvalue weighted by molar-refractivity contribution is 5.79. The van der Waals surface area contributed by atoms with E-state index in [1.54, 1.807) is 0 Å². The number of aromatic nitrogens is 1. The Morgan fingerprint density at radius 2 is 1.65 bits per heavy atom. The van der Waals surface area contributed by atoms with E-state index in [0.717, 1.165) is 12.1 Å². The van der Waals surface area contributed by atoms with Crippen LogP contribution in [-0.4, -0.2) is 11.3 Å². The van der Waals surface area contributed by atoms with Gasteiger partial charge in [0, 0.05) is 23.2 Å². The molecule has 0 aliphatic rings. The van der Waals surface area contributed by atoms with Gasteiger partial charge in [0.1, 0.15) is 5.75 Å². The summed E-state index contributed by atoms with van der Waals surface area (Å²) in [6.07, 6.45) is -3.33. The Hall–Kier alpha value is -1.98. The quantitative estimate of drug-likeness (QED) is 0.841. The molecule has 6 heteroatoms. The lowest BCUT2D eigenvalue weighted by molar-refractivity contribution is -0.274. The molecule has 2 rings (SSSR count). The third kappa shape index (κ3) is 5.34. The first-order chi connectivity index (χ1) is 9.46. The fraction of sp³-hybridized carbons (Fsp3) is 0.357. The van der Waals surface area contributed by atoms with Crippen LogP contribution in [-0.2, 0) is 0 Å². The first-order valence-corrected chi connectivity index (χ1v) is 6.33. The van der Waals surface area contributed by atoms with Gasteiger partial charge in [0.2, 0.25) is 0 Å². The van der Waals surface area contributed by atoms with Crippen LogP contribution in [0.15, 0.2) is 35.3 Å². The molecule has 20 heavy (non-hydrogen) atoms. The van der Waals surface area contributed by atoms with Crippen LogP contribution in [0.25, 0.3) is 10.9 Å². The van der Waals surface area contributed by atoms with E-state index >= 15 is 0 Å². The molecule has 0 fully saturated rings. The highest BCUT2D eigenvalue weighted by atomic mass is 19.4. The molecule has 0 saturated carbocycles. The van der Waals surface area contributed by atoms with Crippen molar-refractivity contribution in [3.8, 4) is 5.75 Å². The number of H-pyrrole nitrogens is 1. The van der Waals surface area contributed by atoms with Gasteiger partial charge in [-0.3, -0.25) is 4.79 Å². The summed E-state index contributed by atoms with van der Waals surface area (Å²) in [7, 11) is 0. The second-order valence-electron chi connectivity index (χ2n) is 3.10. The minimum absolute atomic E-state index is 0.157. The van der Waals surface area contributed by atoms with Gasteiger partial charge in [0.05, 0.1) is 0 Å². The zero-order valence-corrected chi connectivity index (χ0v) is 11.8. The fourth-order valence-corrected chi connectivity index (χ4v) is 1.35. The number of hydrogen-bond donors (Lipinski definition) is 1. The van der Waals surface area contributed by atoms with E-state index in [2.05, 4.69) is 9.72 Å². The molecule has 0 saturated heterocycles. The average Bonchev–Trinajstić information content (AvgIpc) is 2.43. The highest BCUT2D eigenvalue weighted by Crippen LogP contribution is 2.24. The summed E-state index contributed by atoms with van der Waals surface area (Å²) in [5.41, 5.74) is 0.100. The molecule has 0 radical (unpaired) electrons. The van der Waals surface area contributed by atoms with Crippen LogP contribution >= 0.6 is 0 Å². The third-order valence-electron chi connectivity index (χ3n) is 1.96. The lowest BCUT2D eigenvalue weighted by Gasteiger charge is -2.08. The Labute approximate surface area is 115 Å². The van der Waals surface area contributed by atoms with E-state index in [-0.39, 0.29) is 10.8 Å². The smallest absolute Gasteiger partial charge is 0.406 e. The molecule has 0 amide bonds. The molecule has 0 aliphatic heterocycles. The van der Waals surface area contributed by atoms with Crippen molar-refractivity contribution in [3.63, 3.8) is 0 Å². The standard InChI is InChI=1S/C10H6F3NO2.2C2H6/c11-10(12,13)16-6-1-2-8-7(5-6)9(15)3-4-14-8;2*1-2/h1-5H,(H,14,15);2*1-2H3. The maximum absolute atomic E-state index is 11.9. The molecule has 0 atom stereocenters. The maximum Gasteiger partial charge on any atom is 0.573 e. The molecule has 0 unspecified atom stereocenters. The maximum atomic E-state index is 11.9. The molecule has 112 valence electrons. The Kier molecular flexibility index (Phi) is 7.43. The van der Waals surface area contributed by atoms with Gasteiger partial charge < -0.3 is 9.72 Å². The van der Waals surface area contributed by atoms with Gasteiger partial charge in [-0.1, -0.05) is 27.7 Å². The summed E-state index contributed by atoms with van der Waals surface area (Å²) >= 11 is 0. The van der Waals surface area contributed by atoms with Crippen LogP contribution < -0.4 is 10.2 Å². The molecular formula is C14H18F3NO2. The number of halogens is 3. The summed E-state index contributed by atoms with van der Waals surface area (Å²) in [4.78, 5) is 14.1. The second-order valence-corrected chi connectivity index (χ2v) is 3.10. The monoisotopic (exact) mass is 289 g/mol. The zero-order chi connectivity index (χ0) is 15.8. The van der Waals surface area contributed by atoms with E-state index in [4.69, 9.17) is 0 Å². The molecule has 2 aromatic rings. The highest BCUT2D eigenvalue weighted by Gasteiger charge is 2.31. The Bertz CT molecular complexity index is 576. The number of hydrogen-bond acceptors (Lipinski definition) is 2. The third-order valence-corrected chi connectivity index (χ3v) is 1.96. The predicted molar refractivity (Wildman–Crippen MR) is 73.9 cm³/mol. The number of aromatic amines is 1. The van der Waals surface area contributed by atoms with E-state index in [9.17, 15) is 18.0 Å². The van der Waals surface area contributed by atoms with E-state index < -0.39 is 12.1 Å². The Morgan fingerprint density at radius 3 is 2.20 bits per heavy atom. The number of nitrogens with one attached hydrogen (secondary N) is 1. The number of fused-ring (bicyclic) bond motifs is 1. The summed E-state index contributed by atoms with van der Waals surface area (Å²) in [6.45, 7) is 8.00. The van der Waals surface area contributed by atoms with Crippen LogP contribution in [0.1, 0.15) is 27.7 Å². The minimum Gasteiger partial charge on any atom is -0.406 e. The number of benzene rings is 1. The van der Waals surface area contributed by atoms with Crippen LogP contribution in [0, 0.1) is 0 Å². The Morgan fingerprint density at radius 1 is 1.05 bits per heavy atom. The van der Waals surface area contributed by atoms with Gasteiger partial charge in [-0.05, 0) is 18.2 Å². The van der Waals surface area contributed by atoms with E-state index in [1.807, 2.05) is 27.7 Å². The summed E-state index contributed by atoms with van der Waals surface area (Å²) in [5, 5.41) is 0.157. The summed E-state index contributed by atoms with van der Waals surface area (Å²) in [5.74, 6) is -0.406. The second kappa shape index (κ2) is 8.24. The minimum atomic E-state index is -4.75. The van der Waals surface area contributed by atoms with Gasteiger partial charge in [0.25, 0.3) is 0 Å². The van der Waals surface area contributed by atoms with E-state index in [0.29, 0.717) is 5.52 Å². The molecular weight excluding hydrogens is 271 g/mol. The van der Waals surface area contributed by atoms with Gasteiger partial charge in [0.15, 0.2) is 5.43 Å². The van der Waals surface area contributed by atoms with Crippen molar-refractivity contribution in [1.82, 2.24) is 4.98 Å². The molecule has 1 heterocycles. The number of pyridine rings is 1. The molecule has 0 bridgehead atoms. The van der Waals surface area contributed by atoms with Gasteiger partial charge in [-0.25, -0.2) is 0 Å². The number of rotatable bonds is 1. The SMILES string of the molecule is CC.CC.O=c1cc[nH]c2ccc(OC(F)(F)F)cc12. The molecule has 0 spiro atoms. The first kappa shape index (κ1) is 18.0. The zero-order valence-electron chi connectivity index (χ0n) is 11.8. The number of ether oxygens (including phenoxy) is 1. The Balaban J connectivity index is 0.000000829. The van der Waals surface area contributed by atoms with Crippen LogP contribution in [0.4, 0.5) is 13.2 Å². The van der Waals surface area contributed by atoms with Gasteiger partial charge >= 0.3 is 6.36 Å². The normalized spacial score (nSPS) is 9.95. The van der Waals surface area contributed by atoms with Gasteiger partial charge in [-0.2, -0.15) is 0 Å². The predicted octanol–water partition coefficient (Wildman–Crippen LogP) is 4.48. The molecule has 1 N–H and O–H groups in total. The lowest BCUT2D eigenvalue weighted by atomic mass is 10.2. The van der Waals surface area contributed by atoms with Crippen LogP contribution in [0.3, 0.4) is 0 Å².